The summed E-state index contributed by atoms with van der Waals surface area (Å²) in [6.07, 6.45) is 3.49. The first-order chi connectivity index (χ1) is 12.7. The van der Waals surface area contributed by atoms with E-state index < -0.39 is 0 Å². The van der Waals surface area contributed by atoms with Crippen LogP contribution in [0.4, 0.5) is 5.82 Å². The summed E-state index contributed by atoms with van der Waals surface area (Å²) in [5.41, 5.74) is 2.16. The Kier molecular flexibility index (Phi) is 4.77. The third kappa shape index (κ3) is 3.38. The highest BCUT2D eigenvalue weighted by Gasteiger charge is 2.32. The van der Waals surface area contributed by atoms with E-state index in [1.54, 1.807) is 29.2 Å². The van der Waals surface area contributed by atoms with Crippen LogP contribution < -0.4 is 5.32 Å². The minimum atomic E-state index is -0.185. The maximum absolute atomic E-state index is 12.7. The molecule has 132 valence electrons. The molecule has 4 rings (SSSR count). The zero-order valence-electron chi connectivity index (χ0n) is 13.8. The van der Waals surface area contributed by atoms with Gasteiger partial charge in [-0.2, -0.15) is 0 Å². The van der Waals surface area contributed by atoms with Crippen molar-refractivity contribution < 1.29 is 9.59 Å². The molecule has 1 fully saturated rings. The number of nitrogens with one attached hydrogen (secondary N) is 1. The quantitative estimate of drug-likeness (QED) is 0.742. The predicted octanol–water partition coefficient (Wildman–Crippen LogP) is 3.83. The number of carbonyl (C=O) groups excluding carboxylic acids is 2. The van der Waals surface area contributed by atoms with Gasteiger partial charge in [-0.15, -0.1) is 22.7 Å². The first-order valence-electron chi connectivity index (χ1n) is 8.23. The van der Waals surface area contributed by atoms with Crippen LogP contribution in [0.3, 0.4) is 0 Å². The monoisotopic (exact) mass is 384 g/mol. The number of amides is 2. The van der Waals surface area contributed by atoms with Crippen molar-refractivity contribution in [2.45, 2.75) is 18.9 Å². The van der Waals surface area contributed by atoms with E-state index in [-0.39, 0.29) is 17.9 Å². The molecule has 0 spiro atoms. The number of hydrogen-bond donors (Lipinski definition) is 1. The summed E-state index contributed by atoms with van der Waals surface area (Å²) >= 11 is 2.84. The molecule has 6 nitrogen and oxygen atoms in total. The molecule has 8 heteroatoms. The van der Waals surface area contributed by atoms with Crippen LogP contribution in [0.2, 0.25) is 0 Å². The van der Waals surface area contributed by atoms with Crippen LogP contribution in [-0.2, 0) is 0 Å². The molecule has 0 radical (unpaired) electrons. The van der Waals surface area contributed by atoms with E-state index in [4.69, 9.17) is 0 Å². The molecule has 0 saturated carbocycles. The highest BCUT2D eigenvalue weighted by molar-refractivity contribution is 7.14. The molecule has 3 aromatic rings. The number of rotatable bonds is 4. The molecule has 3 aromatic heterocycles. The topological polar surface area (TPSA) is 75.2 Å². The van der Waals surface area contributed by atoms with Gasteiger partial charge in [0.2, 0.25) is 0 Å². The summed E-state index contributed by atoms with van der Waals surface area (Å²) in [7, 11) is 0. The van der Waals surface area contributed by atoms with Crippen LogP contribution in [0, 0.1) is 0 Å². The predicted molar refractivity (Wildman–Crippen MR) is 102 cm³/mol. The molecule has 4 heterocycles. The second-order valence-corrected chi connectivity index (χ2v) is 7.74. The van der Waals surface area contributed by atoms with E-state index in [1.165, 1.54) is 22.7 Å². The minimum Gasteiger partial charge on any atom is -0.329 e. The van der Waals surface area contributed by atoms with Crippen molar-refractivity contribution >= 4 is 40.3 Å². The van der Waals surface area contributed by atoms with Crippen molar-refractivity contribution in [3.8, 4) is 0 Å². The minimum absolute atomic E-state index is 0.00519. The Morgan fingerprint density at radius 2 is 2.12 bits per heavy atom. The van der Waals surface area contributed by atoms with Gasteiger partial charge in [0.15, 0.2) is 0 Å². The third-order valence-corrected chi connectivity index (χ3v) is 6.02. The SMILES string of the molecule is O=C(Nc1ccccn1)c1ccc(C2CCCN2C(=O)c2cscn2)s1. The molecule has 1 saturated heterocycles. The summed E-state index contributed by atoms with van der Waals surface area (Å²) < 4.78 is 0. The molecule has 1 unspecified atom stereocenters. The number of likely N-dealkylation sites (tertiary alicyclic amines) is 1. The Morgan fingerprint density at radius 1 is 1.19 bits per heavy atom. The van der Waals surface area contributed by atoms with Gasteiger partial charge in [0.05, 0.1) is 16.4 Å². The maximum Gasteiger partial charge on any atom is 0.273 e. The molecule has 0 aliphatic carbocycles. The Morgan fingerprint density at radius 3 is 2.88 bits per heavy atom. The third-order valence-electron chi connectivity index (χ3n) is 4.25. The van der Waals surface area contributed by atoms with Gasteiger partial charge in [0.1, 0.15) is 11.5 Å². The molecule has 0 bridgehead atoms. The van der Waals surface area contributed by atoms with Crippen molar-refractivity contribution in [3.63, 3.8) is 0 Å². The van der Waals surface area contributed by atoms with Crippen LogP contribution in [0.25, 0.3) is 0 Å². The average molecular weight is 384 g/mol. The second-order valence-electron chi connectivity index (χ2n) is 5.90. The molecular formula is C18H16N4O2S2. The Labute approximate surface area is 158 Å². The lowest BCUT2D eigenvalue weighted by Crippen LogP contribution is -2.30. The van der Waals surface area contributed by atoms with Gasteiger partial charge in [-0.1, -0.05) is 6.07 Å². The summed E-state index contributed by atoms with van der Waals surface area (Å²) in [4.78, 5) is 36.8. The maximum atomic E-state index is 12.7. The summed E-state index contributed by atoms with van der Waals surface area (Å²) in [5, 5.41) is 4.57. The molecule has 0 aromatic carbocycles. The Hall–Kier alpha value is -2.58. The fourth-order valence-corrected chi connectivity index (χ4v) is 4.62. The van der Waals surface area contributed by atoms with Gasteiger partial charge in [0.25, 0.3) is 11.8 Å². The van der Waals surface area contributed by atoms with Gasteiger partial charge in [-0.3, -0.25) is 9.59 Å². The van der Waals surface area contributed by atoms with Crippen LogP contribution in [-0.4, -0.2) is 33.2 Å². The number of thiophene rings is 1. The van der Waals surface area contributed by atoms with Gasteiger partial charge in [-0.05, 0) is 37.1 Å². The number of nitrogens with zero attached hydrogens (tertiary/aromatic N) is 3. The Bertz CT molecular complexity index is 908. The lowest BCUT2D eigenvalue weighted by atomic mass is 10.2. The van der Waals surface area contributed by atoms with Gasteiger partial charge in [-0.25, -0.2) is 9.97 Å². The lowest BCUT2D eigenvalue weighted by Gasteiger charge is -2.23. The van der Waals surface area contributed by atoms with Gasteiger partial charge in [0, 0.05) is 23.0 Å². The van der Waals surface area contributed by atoms with E-state index in [9.17, 15) is 9.59 Å². The number of pyridine rings is 1. The molecule has 26 heavy (non-hydrogen) atoms. The molecular weight excluding hydrogens is 368 g/mol. The number of carbonyl (C=O) groups is 2. The van der Waals surface area contributed by atoms with Crippen molar-refractivity contribution in [3.05, 3.63) is 62.9 Å². The van der Waals surface area contributed by atoms with Gasteiger partial charge >= 0.3 is 0 Å². The van der Waals surface area contributed by atoms with E-state index in [0.717, 1.165) is 17.7 Å². The molecule has 1 N–H and O–H groups in total. The van der Waals surface area contributed by atoms with Crippen LogP contribution in [0.1, 0.15) is 43.9 Å². The van der Waals surface area contributed by atoms with E-state index in [2.05, 4.69) is 15.3 Å². The smallest absolute Gasteiger partial charge is 0.273 e. The number of hydrogen-bond acceptors (Lipinski definition) is 6. The summed E-state index contributed by atoms with van der Waals surface area (Å²) in [5.74, 6) is 0.297. The normalized spacial score (nSPS) is 16.6. The zero-order valence-corrected chi connectivity index (χ0v) is 15.4. The fourth-order valence-electron chi connectivity index (χ4n) is 3.04. The molecule has 1 aliphatic heterocycles. The van der Waals surface area contributed by atoms with Crippen molar-refractivity contribution in [2.24, 2.45) is 0 Å². The first-order valence-corrected chi connectivity index (χ1v) is 9.99. The number of thiazole rings is 1. The summed E-state index contributed by atoms with van der Waals surface area (Å²) in [6.45, 7) is 0.717. The van der Waals surface area contributed by atoms with Crippen molar-refractivity contribution in [1.82, 2.24) is 14.9 Å². The fraction of sp³-hybridized carbons (Fsp3) is 0.222. The van der Waals surface area contributed by atoms with E-state index >= 15 is 0 Å². The molecule has 2 amide bonds. The van der Waals surface area contributed by atoms with Crippen LogP contribution in [0.5, 0.6) is 0 Å². The van der Waals surface area contributed by atoms with Crippen LogP contribution >= 0.6 is 22.7 Å². The molecule has 1 atom stereocenters. The zero-order chi connectivity index (χ0) is 17.9. The van der Waals surface area contributed by atoms with Gasteiger partial charge < -0.3 is 10.2 Å². The number of aromatic nitrogens is 2. The average Bonchev–Trinajstić information content (AvgIpc) is 3.42. The standard InChI is InChI=1S/C18H16N4O2S2/c23-17(21-16-5-1-2-8-19-16)15-7-6-14(26-15)13-4-3-9-22(13)18(24)12-10-25-11-20-12/h1-2,5-8,10-11,13H,3-4,9H2,(H,19,21,23). The molecule has 1 aliphatic rings. The highest BCUT2D eigenvalue weighted by Crippen LogP contribution is 2.37. The van der Waals surface area contributed by atoms with E-state index in [1.807, 2.05) is 23.1 Å². The largest absolute Gasteiger partial charge is 0.329 e. The number of anilines is 1. The summed E-state index contributed by atoms with van der Waals surface area (Å²) in [6, 6.07) is 9.12. The Balaban J connectivity index is 1.50. The highest BCUT2D eigenvalue weighted by atomic mass is 32.1. The van der Waals surface area contributed by atoms with Crippen molar-refractivity contribution in [2.75, 3.05) is 11.9 Å². The lowest BCUT2D eigenvalue weighted by molar-refractivity contribution is 0.0732. The first kappa shape index (κ1) is 16.9. The van der Waals surface area contributed by atoms with Crippen LogP contribution in [0.15, 0.2) is 47.4 Å². The van der Waals surface area contributed by atoms with Crippen molar-refractivity contribution in [1.29, 1.82) is 0 Å². The van der Waals surface area contributed by atoms with E-state index in [0.29, 0.717) is 22.9 Å². The second kappa shape index (κ2) is 7.35.